The summed E-state index contributed by atoms with van der Waals surface area (Å²) in [5.74, 6) is -0.885. The van der Waals surface area contributed by atoms with Crippen LogP contribution in [-0.4, -0.2) is 40.8 Å². The van der Waals surface area contributed by atoms with E-state index in [1.807, 2.05) is 0 Å². The van der Waals surface area contributed by atoms with E-state index in [1.165, 1.54) is 39.0 Å². The molecule has 26 heavy (non-hydrogen) atoms. The predicted molar refractivity (Wildman–Crippen MR) is 102 cm³/mol. The number of rotatable bonds is 8. The van der Waals surface area contributed by atoms with Gasteiger partial charge in [0.15, 0.2) is 5.60 Å². The molecular formula is C20H28N2O4. The Morgan fingerprint density at radius 2 is 1.81 bits per heavy atom. The summed E-state index contributed by atoms with van der Waals surface area (Å²) in [6.07, 6.45) is 6.12. The molecule has 6 heteroatoms. The van der Waals surface area contributed by atoms with Gasteiger partial charge in [-0.05, 0) is 43.4 Å². The van der Waals surface area contributed by atoms with Crippen LogP contribution in [0.5, 0.6) is 0 Å². The number of carboxylic acids is 1. The minimum Gasteiger partial charge on any atom is -0.479 e. The average Bonchev–Trinajstić information content (AvgIpc) is 2.65. The summed E-state index contributed by atoms with van der Waals surface area (Å²) < 4.78 is 0. The molecule has 1 aromatic carbocycles. The van der Waals surface area contributed by atoms with Crippen LogP contribution < -0.4 is 10.6 Å². The number of nitrogens with one attached hydrogen (secondary N) is 2. The van der Waals surface area contributed by atoms with Crippen LogP contribution in [0.1, 0.15) is 44.6 Å². The van der Waals surface area contributed by atoms with Crippen molar-refractivity contribution in [3.63, 3.8) is 0 Å². The van der Waals surface area contributed by atoms with Gasteiger partial charge in [0.25, 0.3) is 5.91 Å². The minimum atomic E-state index is -1.85. The lowest BCUT2D eigenvalue weighted by Crippen LogP contribution is -2.41. The Kier molecular flexibility index (Phi) is 6.80. The van der Waals surface area contributed by atoms with Crippen molar-refractivity contribution in [1.29, 1.82) is 0 Å². The van der Waals surface area contributed by atoms with Crippen molar-refractivity contribution in [2.45, 2.75) is 44.6 Å². The summed E-state index contributed by atoms with van der Waals surface area (Å²) in [4.78, 5) is 23.2. The third-order valence-electron chi connectivity index (χ3n) is 4.88. The zero-order valence-corrected chi connectivity index (χ0v) is 15.3. The Balaban J connectivity index is 1.85. The molecule has 0 bridgehead atoms. The van der Waals surface area contributed by atoms with Gasteiger partial charge in [0, 0.05) is 17.8 Å². The molecule has 0 spiro atoms. The van der Waals surface area contributed by atoms with E-state index in [2.05, 4.69) is 17.2 Å². The average molecular weight is 360 g/mol. The van der Waals surface area contributed by atoms with Gasteiger partial charge >= 0.3 is 5.97 Å². The molecule has 1 unspecified atom stereocenters. The fraction of sp³-hybridized carbons (Fsp3) is 0.500. The van der Waals surface area contributed by atoms with Gasteiger partial charge in [-0.1, -0.05) is 38.0 Å². The van der Waals surface area contributed by atoms with Crippen LogP contribution in [0.15, 0.2) is 30.8 Å². The highest BCUT2D eigenvalue weighted by atomic mass is 16.4. The van der Waals surface area contributed by atoms with Crippen molar-refractivity contribution < 1.29 is 19.8 Å². The van der Waals surface area contributed by atoms with Crippen molar-refractivity contribution in [2.24, 2.45) is 5.92 Å². The molecule has 142 valence electrons. The SMILES string of the molecule is C=C(C(=O)NCC1CCCCC1)c1ccc(NCC(C)(O)C(=O)O)cc1. The second-order valence-electron chi connectivity index (χ2n) is 7.20. The number of hydrogen-bond acceptors (Lipinski definition) is 4. The van der Waals surface area contributed by atoms with Crippen LogP contribution in [0.2, 0.25) is 0 Å². The molecule has 0 radical (unpaired) electrons. The zero-order chi connectivity index (χ0) is 19.2. The monoisotopic (exact) mass is 360 g/mol. The molecular weight excluding hydrogens is 332 g/mol. The number of hydrogen-bond donors (Lipinski definition) is 4. The maximum atomic E-state index is 12.3. The molecule has 1 amide bonds. The van der Waals surface area contributed by atoms with E-state index < -0.39 is 11.6 Å². The van der Waals surface area contributed by atoms with E-state index >= 15 is 0 Å². The summed E-state index contributed by atoms with van der Waals surface area (Å²) in [5.41, 5.74) is -0.0707. The molecule has 0 saturated heterocycles. The third kappa shape index (κ3) is 5.59. The highest BCUT2D eigenvalue weighted by molar-refractivity contribution is 6.18. The predicted octanol–water partition coefficient (Wildman–Crippen LogP) is 2.64. The van der Waals surface area contributed by atoms with Crippen molar-refractivity contribution in [3.8, 4) is 0 Å². The Hall–Kier alpha value is -2.34. The molecule has 1 saturated carbocycles. The molecule has 0 aromatic heterocycles. The quantitative estimate of drug-likeness (QED) is 0.534. The summed E-state index contributed by atoms with van der Waals surface area (Å²) in [6.45, 7) is 5.68. The second kappa shape index (κ2) is 8.85. The minimum absolute atomic E-state index is 0.121. The molecule has 0 heterocycles. The number of aliphatic hydroxyl groups is 1. The lowest BCUT2D eigenvalue weighted by Gasteiger charge is -2.22. The normalized spacial score (nSPS) is 17.2. The summed E-state index contributed by atoms with van der Waals surface area (Å²) in [7, 11) is 0. The fourth-order valence-electron chi connectivity index (χ4n) is 3.01. The topological polar surface area (TPSA) is 98.7 Å². The Labute approximate surface area is 154 Å². The van der Waals surface area contributed by atoms with Gasteiger partial charge in [-0.2, -0.15) is 0 Å². The molecule has 1 aliphatic carbocycles. The molecule has 6 nitrogen and oxygen atoms in total. The molecule has 1 aliphatic rings. The van der Waals surface area contributed by atoms with E-state index in [-0.39, 0.29) is 12.5 Å². The molecule has 4 N–H and O–H groups in total. The number of carboxylic acid groups (broad SMARTS) is 1. The first kappa shape index (κ1) is 20.0. The van der Waals surface area contributed by atoms with Crippen LogP contribution in [-0.2, 0) is 9.59 Å². The van der Waals surface area contributed by atoms with Crippen molar-refractivity contribution >= 4 is 23.1 Å². The van der Waals surface area contributed by atoms with Gasteiger partial charge in [0.1, 0.15) is 0 Å². The van der Waals surface area contributed by atoms with Gasteiger partial charge in [0.05, 0.1) is 6.54 Å². The number of anilines is 1. The molecule has 1 aromatic rings. The maximum absolute atomic E-state index is 12.3. The van der Waals surface area contributed by atoms with Gasteiger partial charge < -0.3 is 20.8 Å². The Morgan fingerprint density at radius 1 is 1.19 bits per heavy atom. The molecule has 1 fully saturated rings. The van der Waals surface area contributed by atoms with Gasteiger partial charge in [-0.3, -0.25) is 4.79 Å². The zero-order valence-electron chi connectivity index (χ0n) is 15.3. The smallest absolute Gasteiger partial charge is 0.337 e. The highest BCUT2D eigenvalue weighted by Gasteiger charge is 2.29. The third-order valence-corrected chi connectivity index (χ3v) is 4.88. The van der Waals surface area contributed by atoms with E-state index in [0.29, 0.717) is 29.3 Å². The van der Waals surface area contributed by atoms with E-state index in [1.54, 1.807) is 24.3 Å². The lowest BCUT2D eigenvalue weighted by atomic mass is 9.89. The van der Waals surface area contributed by atoms with Crippen LogP contribution in [0.3, 0.4) is 0 Å². The van der Waals surface area contributed by atoms with Crippen LogP contribution >= 0.6 is 0 Å². The van der Waals surface area contributed by atoms with Crippen LogP contribution in [0.4, 0.5) is 5.69 Å². The van der Waals surface area contributed by atoms with Crippen LogP contribution in [0.25, 0.3) is 5.57 Å². The number of benzene rings is 1. The first-order chi connectivity index (χ1) is 12.3. The first-order valence-corrected chi connectivity index (χ1v) is 9.07. The standard InChI is InChI=1S/C20H28N2O4/c1-14(18(23)21-12-15-6-4-3-5-7-15)16-8-10-17(11-9-16)22-13-20(2,26)19(24)25/h8-11,15,22,26H,1,3-7,12-13H2,2H3,(H,21,23)(H,24,25). The number of aliphatic carboxylic acids is 1. The van der Waals surface area contributed by atoms with E-state index in [9.17, 15) is 14.7 Å². The second-order valence-corrected chi connectivity index (χ2v) is 7.20. The Bertz CT molecular complexity index is 646. The summed E-state index contributed by atoms with van der Waals surface area (Å²) in [5, 5.41) is 24.4. The maximum Gasteiger partial charge on any atom is 0.337 e. The molecule has 1 atom stereocenters. The number of amides is 1. The van der Waals surface area contributed by atoms with Gasteiger partial charge in [0.2, 0.25) is 0 Å². The van der Waals surface area contributed by atoms with Gasteiger partial charge in [-0.15, -0.1) is 0 Å². The Morgan fingerprint density at radius 3 is 2.38 bits per heavy atom. The fourth-order valence-corrected chi connectivity index (χ4v) is 3.01. The molecule has 0 aliphatic heterocycles. The van der Waals surface area contributed by atoms with Gasteiger partial charge in [-0.25, -0.2) is 4.79 Å². The summed E-state index contributed by atoms with van der Waals surface area (Å²) >= 11 is 0. The number of carbonyl (C=O) groups excluding carboxylic acids is 1. The van der Waals surface area contributed by atoms with E-state index in [4.69, 9.17) is 5.11 Å². The van der Waals surface area contributed by atoms with Crippen molar-refractivity contribution in [3.05, 3.63) is 36.4 Å². The largest absolute Gasteiger partial charge is 0.479 e. The summed E-state index contributed by atoms with van der Waals surface area (Å²) in [6, 6.07) is 6.96. The van der Waals surface area contributed by atoms with E-state index in [0.717, 1.165) is 0 Å². The first-order valence-electron chi connectivity index (χ1n) is 9.07. The lowest BCUT2D eigenvalue weighted by molar-refractivity contribution is -0.155. The molecule has 2 rings (SSSR count). The van der Waals surface area contributed by atoms with Crippen molar-refractivity contribution in [2.75, 3.05) is 18.4 Å². The highest BCUT2D eigenvalue weighted by Crippen LogP contribution is 2.23. The van der Waals surface area contributed by atoms with Crippen molar-refractivity contribution in [1.82, 2.24) is 5.32 Å². The van der Waals surface area contributed by atoms with Crippen LogP contribution in [0, 0.1) is 5.92 Å². The number of carbonyl (C=O) groups is 2.